The van der Waals surface area contributed by atoms with Crippen molar-refractivity contribution in [3.63, 3.8) is 0 Å². The van der Waals surface area contributed by atoms with Gasteiger partial charge in [-0.25, -0.2) is 4.98 Å². The molecule has 0 radical (unpaired) electrons. The Labute approximate surface area is 193 Å². The third-order valence-corrected chi connectivity index (χ3v) is 6.35. The van der Waals surface area contributed by atoms with E-state index in [4.69, 9.17) is 14.5 Å². The Morgan fingerprint density at radius 1 is 1.06 bits per heavy atom. The van der Waals surface area contributed by atoms with Gasteiger partial charge >= 0.3 is 0 Å². The van der Waals surface area contributed by atoms with Crippen LogP contribution < -0.4 is 10.3 Å². The summed E-state index contributed by atoms with van der Waals surface area (Å²) in [6.45, 7) is 6.59. The van der Waals surface area contributed by atoms with Crippen molar-refractivity contribution >= 4 is 0 Å². The molecule has 5 rings (SSSR count). The minimum absolute atomic E-state index is 0.0382. The molecule has 3 aromatic rings. The zero-order chi connectivity index (χ0) is 22.6. The number of hydrogen-bond acceptors (Lipinski definition) is 7. The third-order valence-electron chi connectivity index (χ3n) is 6.35. The van der Waals surface area contributed by atoms with Gasteiger partial charge in [0.05, 0.1) is 26.0 Å². The van der Waals surface area contributed by atoms with Crippen LogP contribution in [-0.2, 0) is 30.8 Å². The summed E-state index contributed by atoms with van der Waals surface area (Å²) in [5.41, 5.74) is 4.92. The van der Waals surface area contributed by atoms with Crippen molar-refractivity contribution in [2.75, 3.05) is 40.0 Å². The number of morpholine rings is 1. The molecule has 1 aromatic carbocycles. The maximum absolute atomic E-state index is 12.7. The highest BCUT2D eigenvalue weighted by Crippen LogP contribution is 2.25. The maximum Gasteiger partial charge on any atom is 0.254 e. The molecule has 0 amide bonds. The third kappa shape index (κ3) is 4.98. The number of hydrogen-bond donors (Lipinski definition) is 1. The quantitative estimate of drug-likeness (QED) is 0.620. The second kappa shape index (κ2) is 9.82. The second-order valence-electron chi connectivity index (χ2n) is 8.57. The molecule has 1 N–H and O–H groups in total. The molecule has 0 aliphatic carbocycles. The molecule has 2 aliphatic heterocycles. The molecule has 1 saturated heterocycles. The number of fused-ring (bicyclic) bond motifs is 1. The Morgan fingerprint density at radius 3 is 2.67 bits per heavy atom. The molecule has 0 bridgehead atoms. The van der Waals surface area contributed by atoms with Crippen molar-refractivity contribution in [2.45, 2.75) is 26.1 Å². The molecule has 1 fully saturated rings. The van der Waals surface area contributed by atoms with Crippen LogP contribution in [0.4, 0.5) is 0 Å². The Morgan fingerprint density at radius 2 is 1.88 bits per heavy atom. The van der Waals surface area contributed by atoms with Crippen LogP contribution in [0.5, 0.6) is 5.75 Å². The minimum Gasteiger partial charge on any atom is -0.496 e. The molecular weight excluding hydrogens is 418 g/mol. The average molecular weight is 448 g/mol. The van der Waals surface area contributed by atoms with Crippen molar-refractivity contribution in [3.05, 3.63) is 75.5 Å². The first-order valence-corrected chi connectivity index (χ1v) is 11.4. The first kappa shape index (κ1) is 21.8. The number of aromatic nitrogens is 3. The highest BCUT2D eigenvalue weighted by atomic mass is 16.5. The summed E-state index contributed by atoms with van der Waals surface area (Å²) < 4.78 is 11.1. The molecule has 8 nitrogen and oxygen atoms in total. The SMILES string of the molecule is COc1ccc(CN2CCc3c(nc(-c4ccncc4)[nH]c3=O)C2)cc1CN1CCOCC1. The van der Waals surface area contributed by atoms with E-state index < -0.39 is 0 Å². The highest BCUT2D eigenvalue weighted by Gasteiger charge is 2.22. The first-order valence-electron chi connectivity index (χ1n) is 11.4. The molecule has 0 saturated carbocycles. The smallest absolute Gasteiger partial charge is 0.254 e. The van der Waals surface area contributed by atoms with Gasteiger partial charge in [0.2, 0.25) is 0 Å². The normalized spacial score (nSPS) is 17.0. The van der Waals surface area contributed by atoms with Gasteiger partial charge in [0.15, 0.2) is 0 Å². The monoisotopic (exact) mass is 447 g/mol. The zero-order valence-electron chi connectivity index (χ0n) is 18.9. The van der Waals surface area contributed by atoms with Crippen LogP contribution in [0.1, 0.15) is 22.4 Å². The Kier molecular flexibility index (Phi) is 6.48. The number of nitrogens with one attached hydrogen (secondary N) is 1. The van der Waals surface area contributed by atoms with Crippen LogP contribution in [0.3, 0.4) is 0 Å². The number of pyridine rings is 1. The van der Waals surface area contributed by atoms with E-state index in [1.807, 2.05) is 12.1 Å². The maximum atomic E-state index is 12.7. The lowest BCUT2D eigenvalue weighted by atomic mass is 10.0. The van der Waals surface area contributed by atoms with E-state index in [1.54, 1.807) is 19.5 Å². The summed E-state index contributed by atoms with van der Waals surface area (Å²) in [7, 11) is 1.73. The van der Waals surface area contributed by atoms with E-state index in [9.17, 15) is 4.79 Å². The number of aromatic amines is 1. The fourth-order valence-electron chi connectivity index (χ4n) is 4.59. The number of nitrogens with zero attached hydrogens (tertiary/aromatic N) is 4. The van der Waals surface area contributed by atoms with Crippen molar-refractivity contribution in [2.24, 2.45) is 0 Å². The van der Waals surface area contributed by atoms with Gasteiger partial charge in [-0.2, -0.15) is 0 Å². The Hall–Kier alpha value is -3.07. The molecule has 4 heterocycles. The van der Waals surface area contributed by atoms with E-state index in [2.05, 4.69) is 38.0 Å². The van der Waals surface area contributed by atoms with Gasteiger partial charge in [-0.15, -0.1) is 0 Å². The summed E-state index contributed by atoms with van der Waals surface area (Å²) in [6.07, 6.45) is 4.11. The van der Waals surface area contributed by atoms with E-state index in [-0.39, 0.29) is 5.56 Å². The fraction of sp³-hybridized carbons (Fsp3) is 0.400. The lowest BCUT2D eigenvalue weighted by Gasteiger charge is -2.29. The van der Waals surface area contributed by atoms with E-state index >= 15 is 0 Å². The van der Waals surface area contributed by atoms with Crippen molar-refractivity contribution < 1.29 is 9.47 Å². The Balaban J connectivity index is 1.33. The van der Waals surface area contributed by atoms with Gasteiger partial charge < -0.3 is 14.5 Å². The summed E-state index contributed by atoms with van der Waals surface area (Å²) in [4.78, 5) is 29.2. The van der Waals surface area contributed by atoms with Gasteiger partial charge in [0.1, 0.15) is 11.6 Å². The van der Waals surface area contributed by atoms with E-state index in [0.717, 1.165) is 68.5 Å². The molecule has 0 spiro atoms. The minimum atomic E-state index is -0.0382. The first-order chi connectivity index (χ1) is 16.2. The van der Waals surface area contributed by atoms with Crippen LogP contribution in [0, 0.1) is 0 Å². The number of ether oxygens (including phenoxy) is 2. The van der Waals surface area contributed by atoms with Crippen molar-refractivity contribution in [3.8, 4) is 17.1 Å². The molecule has 33 heavy (non-hydrogen) atoms. The van der Waals surface area contributed by atoms with Crippen molar-refractivity contribution in [1.29, 1.82) is 0 Å². The summed E-state index contributed by atoms with van der Waals surface area (Å²) in [5.74, 6) is 1.52. The molecule has 0 atom stereocenters. The van der Waals surface area contributed by atoms with Crippen LogP contribution in [0.15, 0.2) is 47.5 Å². The van der Waals surface area contributed by atoms with Gasteiger partial charge in [0.25, 0.3) is 5.56 Å². The summed E-state index contributed by atoms with van der Waals surface area (Å²) >= 11 is 0. The lowest BCUT2D eigenvalue weighted by Crippen LogP contribution is -2.36. The number of rotatable bonds is 6. The predicted octanol–water partition coefficient (Wildman–Crippen LogP) is 2.23. The second-order valence-corrected chi connectivity index (χ2v) is 8.57. The van der Waals surface area contributed by atoms with Crippen molar-refractivity contribution in [1.82, 2.24) is 24.8 Å². The molecule has 172 valence electrons. The molecular formula is C25H29N5O3. The number of methoxy groups -OCH3 is 1. The van der Waals surface area contributed by atoms with Crippen LogP contribution in [-0.4, -0.2) is 64.7 Å². The van der Waals surface area contributed by atoms with E-state index in [0.29, 0.717) is 18.8 Å². The predicted molar refractivity (Wildman–Crippen MR) is 125 cm³/mol. The average Bonchev–Trinajstić information content (AvgIpc) is 2.85. The zero-order valence-corrected chi connectivity index (χ0v) is 18.9. The molecule has 0 unspecified atom stereocenters. The van der Waals surface area contributed by atoms with Gasteiger partial charge in [-0.05, 0) is 36.2 Å². The van der Waals surface area contributed by atoms with Gasteiger partial charge in [-0.1, -0.05) is 6.07 Å². The summed E-state index contributed by atoms with van der Waals surface area (Å²) in [5, 5.41) is 0. The van der Waals surface area contributed by atoms with Crippen LogP contribution in [0.25, 0.3) is 11.4 Å². The largest absolute Gasteiger partial charge is 0.496 e. The topological polar surface area (TPSA) is 83.6 Å². The molecule has 2 aromatic heterocycles. The van der Waals surface area contributed by atoms with Gasteiger partial charge in [-0.3, -0.25) is 19.6 Å². The fourth-order valence-corrected chi connectivity index (χ4v) is 4.59. The van der Waals surface area contributed by atoms with Crippen LogP contribution in [0.2, 0.25) is 0 Å². The van der Waals surface area contributed by atoms with E-state index in [1.165, 1.54) is 11.1 Å². The summed E-state index contributed by atoms with van der Waals surface area (Å²) in [6, 6.07) is 10.2. The van der Waals surface area contributed by atoms with Gasteiger partial charge in [0, 0.05) is 68.4 Å². The number of H-pyrrole nitrogens is 1. The molecule has 2 aliphatic rings. The molecule has 8 heteroatoms. The van der Waals surface area contributed by atoms with Crippen LogP contribution >= 0.6 is 0 Å². The Bertz CT molecular complexity index is 1160. The lowest BCUT2D eigenvalue weighted by molar-refractivity contribution is 0.0338. The standard InChI is InChI=1S/C25H29N5O3/c1-32-23-3-2-18(14-20(23)16-29-10-12-33-13-11-29)15-30-9-6-21-22(17-30)27-24(28-25(21)31)19-4-7-26-8-5-19/h2-5,7-8,14H,6,9-13,15-17H2,1H3,(H,27,28,31). The highest BCUT2D eigenvalue weighted by molar-refractivity contribution is 5.54. The number of benzene rings is 1.